The number of carbonyl (C=O) groups is 3. The number of rotatable bonds is 11. The van der Waals surface area contributed by atoms with Crippen LogP contribution in [0.1, 0.15) is 78.2 Å². The summed E-state index contributed by atoms with van der Waals surface area (Å²) in [7, 11) is 1.46. The van der Waals surface area contributed by atoms with Crippen LogP contribution in [0.5, 0.6) is 17.2 Å². The molecule has 6 N–H and O–H groups in total. The third kappa shape index (κ3) is 9.97. The molecule has 0 spiro atoms. The van der Waals surface area contributed by atoms with Crippen molar-refractivity contribution < 1.29 is 63.2 Å². The Hall–Kier alpha value is -5.20. The molecule has 3 aromatic rings. The van der Waals surface area contributed by atoms with Gasteiger partial charge in [0.2, 0.25) is 5.95 Å². The van der Waals surface area contributed by atoms with E-state index in [-0.39, 0.29) is 49.9 Å². The lowest BCUT2D eigenvalue weighted by Crippen LogP contribution is -2.46. The molecule has 2 aromatic carbocycles. The molecule has 0 unspecified atom stereocenters. The van der Waals surface area contributed by atoms with Gasteiger partial charge in [0, 0.05) is 87.5 Å². The first-order valence-electron chi connectivity index (χ1n) is 21.5. The zero-order valence-corrected chi connectivity index (χ0v) is 38.1. The number of H-pyrrole nitrogens is 1. The minimum atomic E-state index is -1.99. The molecule has 0 saturated carbocycles. The van der Waals surface area contributed by atoms with Crippen molar-refractivity contribution >= 4 is 51.1 Å². The topological polar surface area (TPSA) is 231 Å². The maximum absolute atomic E-state index is 14.7. The summed E-state index contributed by atoms with van der Waals surface area (Å²) in [5, 5.41) is 49.6. The van der Waals surface area contributed by atoms with E-state index in [1.165, 1.54) is 40.2 Å². The number of phenolic OH excluding ortho intramolecular Hbond substituents is 2. The fourth-order valence-electron chi connectivity index (χ4n) is 8.31. The first-order chi connectivity index (χ1) is 29.8. The second-order valence-electron chi connectivity index (χ2n) is 16.5. The molecule has 1 amide bonds. The predicted molar refractivity (Wildman–Crippen MR) is 237 cm³/mol. The molecule has 63 heavy (non-hydrogen) atoms. The van der Waals surface area contributed by atoms with Crippen molar-refractivity contribution in [3.05, 3.63) is 47.3 Å². The lowest BCUT2D eigenvalue weighted by atomic mass is 9.78. The van der Waals surface area contributed by atoms with E-state index in [2.05, 4.69) is 10.3 Å². The number of Topliss-reactive ketones (excluding diaryl/α,β-unsaturated/α-hetero) is 1. The van der Waals surface area contributed by atoms with Gasteiger partial charge in [-0.15, -0.1) is 0 Å². The largest absolute Gasteiger partial charge is 0.507 e. The molecule has 17 heteroatoms. The monoisotopic (exact) mass is 880 g/mol. The number of nitrogens with zero attached hydrogens (tertiary/aromatic N) is 2. The van der Waals surface area contributed by atoms with Gasteiger partial charge in [-0.25, -0.2) is 4.98 Å². The Morgan fingerprint density at radius 3 is 2.19 bits per heavy atom. The van der Waals surface area contributed by atoms with E-state index in [1.54, 1.807) is 52.8 Å². The number of aromatic hydroxyl groups is 2. The van der Waals surface area contributed by atoms with Crippen molar-refractivity contribution in [3.63, 3.8) is 0 Å². The number of fused-ring (bicyclic) bond motifs is 1. The Kier molecular flexibility index (Phi) is 15.9. The quantitative estimate of drug-likeness (QED) is 0.0759. The summed E-state index contributed by atoms with van der Waals surface area (Å²) < 4.78 is 35.3. The van der Waals surface area contributed by atoms with Gasteiger partial charge in [0.25, 0.3) is 11.7 Å². The fourth-order valence-corrected chi connectivity index (χ4v) is 8.31. The average molecular weight is 881 g/mol. The van der Waals surface area contributed by atoms with E-state index < -0.39 is 83.0 Å². The van der Waals surface area contributed by atoms with E-state index in [0.29, 0.717) is 45.5 Å². The van der Waals surface area contributed by atoms with Gasteiger partial charge in [0.1, 0.15) is 28.8 Å². The molecule has 9 atom stereocenters. The van der Waals surface area contributed by atoms with Gasteiger partial charge in [-0.1, -0.05) is 45.9 Å². The number of aliphatic hydroxyl groups is 2. The second kappa shape index (κ2) is 20.5. The fraction of sp³-hybridized carbons (Fsp3) is 0.565. The highest BCUT2D eigenvalue weighted by Gasteiger charge is 2.50. The smallest absolute Gasteiger partial charge is 0.312 e. The molecule has 4 bridgehead atoms. The number of anilines is 2. The number of benzene rings is 2. The van der Waals surface area contributed by atoms with Crippen LogP contribution in [0.3, 0.4) is 0 Å². The van der Waals surface area contributed by atoms with E-state index in [9.17, 15) is 34.8 Å². The van der Waals surface area contributed by atoms with Crippen LogP contribution in [-0.2, 0) is 33.3 Å². The summed E-state index contributed by atoms with van der Waals surface area (Å²) in [6, 6.07) is 0. The van der Waals surface area contributed by atoms with Crippen molar-refractivity contribution in [1.82, 2.24) is 9.97 Å². The summed E-state index contributed by atoms with van der Waals surface area (Å²) in [4.78, 5) is 51.2. The van der Waals surface area contributed by atoms with Gasteiger partial charge >= 0.3 is 11.8 Å². The zero-order valence-electron chi connectivity index (χ0n) is 38.1. The summed E-state index contributed by atoms with van der Waals surface area (Å²) in [5.41, 5.74) is 0.525. The second-order valence-corrected chi connectivity index (χ2v) is 16.5. The van der Waals surface area contributed by atoms with Gasteiger partial charge in [0.05, 0.1) is 54.3 Å². The zero-order chi connectivity index (χ0) is 46.5. The van der Waals surface area contributed by atoms with Crippen molar-refractivity contribution in [2.75, 3.05) is 56.8 Å². The molecular formula is C46H64N4O13. The Bertz CT molecular complexity index is 2240. The van der Waals surface area contributed by atoms with E-state index in [4.69, 9.17) is 33.4 Å². The van der Waals surface area contributed by atoms with E-state index in [0.717, 1.165) is 0 Å². The Labute approximate surface area is 368 Å². The van der Waals surface area contributed by atoms with Crippen molar-refractivity contribution in [3.8, 4) is 17.2 Å². The summed E-state index contributed by atoms with van der Waals surface area (Å²) in [6.07, 6.45) is 3.79. The summed E-state index contributed by atoms with van der Waals surface area (Å²) in [6.45, 7) is 19.0. The standard InChI is InChI=1S/C46H64N4O13/c1-12-59-21-18-50(19-22-60-13-2)45-48-34-31-32-39(54)28(8)42-33(31)43(56)46(10,63-42)61-20-17-30(58-11)25(5)41(62-29(9)51)27(7)38(53)26(6)37(52)23(3)15-14-16-24(4)44(57)47-36(40(32)55)35(34)49-45/h14-17,20,23,25-27,30,37-38,41,52-55H,12-13,18-19,21-22H2,1-11H3,(H,47,57)(H,48,49)/b15-14+,20-17+,24-16+/t23-,25+,26+,27+,30-,37-,38+,41+,46-/m0/s1. The maximum Gasteiger partial charge on any atom is 0.312 e. The number of carbonyl (C=O) groups excluding carboxylic acids is 3. The normalized spacial score (nSPS) is 28.9. The molecular weight excluding hydrogens is 817 g/mol. The highest BCUT2D eigenvalue weighted by atomic mass is 16.7. The number of aromatic amines is 1. The molecule has 3 heterocycles. The third-order valence-electron chi connectivity index (χ3n) is 12.2. The number of amides is 1. The molecule has 0 fully saturated rings. The minimum absolute atomic E-state index is 0.00324. The molecule has 5 rings (SSSR count). The number of hydrogen-bond acceptors (Lipinski definition) is 15. The first-order valence-corrected chi connectivity index (χ1v) is 21.5. The van der Waals surface area contributed by atoms with Gasteiger partial charge in [-0.3, -0.25) is 14.4 Å². The van der Waals surface area contributed by atoms with Gasteiger partial charge in [-0.2, -0.15) is 0 Å². The Balaban J connectivity index is 1.75. The number of aliphatic hydroxyl groups excluding tert-OH is 2. The Morgan fingerprint density at radius 1 is 0.937 bits per heavy atom. The van der Waals surface area contributed by atoms with E-state index in [1.807, 2.05) is 18.7 Å². The third-order valence-corrected chi connectivity index (χ3v) is 12.2. The number of esters is 1. The Morgan fingerprint density at radius 2 is 1.59 bits per heavy atom. The van der Waals surface area contributed by atoms with Crippen molar-refractivity contribution in [1.29, 1.82) is 0 Å². The predicted octanol–water partition coefficient (Wildman–Crippen LogP) is 5.80. The number of aromatic nitrogens is 2. The lowest BCUT2D eigenvalue weighted by molar-refractivity contribution is -0.160. The van der Waals surface area contributed by atoms with Gasteiger partial charge < -0.3 is 64.0 Å². The number of imidazole rings is 1. The van der Waals surface area contributed by atoms with Crippen LogP contribution < -0.4 is 15.0 Å². The molecule has 0 saturated heterocycles. The number of phenols is 2. The van der Waals surface area contributed by atoms with E-state index >= 15 is 0 Å². The number of methoxy groups -OCH3 is 1. The van der Waals surface area contributed by atoms with Crippen LogP contribution in [0.2, 0.25) is 0 Å². The number of allylic oxidation sites excluding steroid dienone is 2. The summed E-state index contributed by atoms with van der Waals surface area (Å²) in [5.74, 6) is -6.90. The average Bonchev–Trinajstić information content (AvgIpc) is 3.80. The SMILES string of the molecule is CCOCCN(CCOCC)c1nc2c([nH]1)c1c(O)c3c(O)c(C)c4c(c32)C(=O)[C@@](C)(O/C=C/[C@H](OC)[C@@H](C)[C@@H](OC(C)=O)[C@H](C)[C@H](O)[C@H](C)[C@@H](O)[C@@H](C)/C=C/C=C(\C)C(=O)N1)O4. The van der Waals surface area contributed by atoms with Crippen molar-refractivity contribution in [2.45, 2.75) is 99.4 Å². The van der Waals surface area contributed by atoms with Gasteiger partial charge in [-0.05, 0) is 33.8 Å². The lowest BCUT2D eigenvalue weighted by Gasteiger charge is -2.38. The van der Waals surface area contributed by atoms with Crippen LogP contribution >= 0.6 is 0 Å². The van der Waals surface area contributed by atoms with Gasteiger partial charge in [0.15, 0.2) is 5.75 Å². The molecule has 2 aliphatic rings. The molecule has 1 aromatic heterocycles. The van der Waals surface area contributed by atoms with Crippen LogP contribution in [0.25, 0.3) is 21.8 Å². The number of ether oxygens (including phenoxy) is 6. The molecule has 2 aliphatic heterocycles. The van der Waals surface area contributed by atoms with Crippen LogP contribution in [0.4, 0.5) is 11.6 Å². The highest BCUT2D eigenvalue weighted by Crippen LogP contribution is 2.54. The number of ketones is 1. The summed E-state index contributed by atoms with van der Waals surface area (Å²) >= 11 is 0. The van der Waals surface area contributed by atoms with Crippen LogP contribution in [0.15, 0.2) is 36.1 Å². The molecule has 346 valence electrons. The molecule has 0 aliphatic carbocycles. The maximum atomic E-state index is 14.7. The number of nitrogens with one attached hydrogen (secondary N) is 2. The molecule has 17 nitrogen and oxygen atoms in total. The van der Waals surface area contributed by atoms with Crippen molar-refractivity contribution in [2.24, 2.45) is 23.7 Å². The number of hydrogen-bond donors (Lipinski definition) is 6. The van der Waals surface area contributed by atoms with Crippen LogP contribution in [-0.4, -0.2) is 125 Å². The first kappa shape index (κ1) is 48.8. The highest BCUT2D eigenvalue weighted by molar-refractivity contribution is 6.28. The minimum Gasteiger partial charge on any atom is -0.507 e. The van der Waals surface area contributed by atoms with Crippen LogP contribution in [0, 0.1) is 30.6 Å². The molecule has 0 radical (unpaired) electrons.